The summed E-state index contributed by atoms with van der Waals surface area (Å²) in [6.45, 7) is 0. The van der Waals surface area contributed by atoms with E-state index in [0.717, 1.165) is 12.8 Å². The number of carbonyl (C=O) groups excluding carboxylic acids is 1. The average molecular weight is 260 g/mol. The van der Waals surface area contributed by atoms with Gasteiger partial charge in [0.2, 0.25) is 5.91 Å². The van der Waals surface area contributed by atoms with Crippen LogP contribution in [0.3, 0.4) is 0 Å². The molecule has 102 valence electrons. The molecule has 2 saturated heterocycles. The van der Waals surface area contributed by atoms with Gasteiger partial charge in [-0.1, -0.05) is 0 Å². The number of amides is 1. The summed E-state index contributed by atoms with van der Waals surface area (Å²) >= 11 is 0. The summed E-state index contributed by atoms with van der Waals surface area (Å²) in [5, 5.41) is 3.60. The molecule has 2 bridgehead atoms. The highest BCUT2D eigenvalue weighted by atomic mass is 16.3. The minimum absolute atomic E-state index is 0.0581. The highest BCUT2D eigenvalue weighted by Gasteiger charge is 2.35. The predicted octanol–water partition coefficient (Wildman–Crippen LogP) is 2.03. The lowest BCUT2D eigenvalue weighted by Crippen LogP contribution is -2.48. The van der Waals surface area contributed by atoms with Crippen molar-refractivity contribution < 1.29 is 9.21 Å². The largest absolute Gasteiger partial charge is 0.465 e. The van der Waals surface area contributed by atoms with Crippen molar-refractivity contribution in [2.24, 2.45) is 0 Å². The van der Waals surface area contributed by atoms with Crippen LogP contribution in [0.2, 0.25) is 0 Å². The number of hydrogen-bond acceptors (Lipinski definition) is 3. The number of nitrogens with one attached hydrogen (secondary N) is 1. The van der Waals surface area contributed by atoms with Gasteiger partial charge in [0.05, 0.1) is 6.26 Å². The molecule has 2 atom stereocenters. The predicted molar refractivity (Wildman–Crippen MR) is 73.5 cm³/mol. The third-order valence-electron chi connectivity index (χ3n) is 4.28. The zero-order chi connectivity index (χ0) is 13.2. The number of fused-ring (bicyclic) bond motifs is 2. The molecule has 1 amide bonds. The first kappa shape index (κ1) is 12.5. The zero-order valence-electron chi connectivity index (χ0n) is 11.2. The van der Waals surface area contributed by atoms with Crippen LogP contribution in [0.4, 0.5) is 0 Å². The fraction of sp³-hybridized carbons (Fsp3) is 0.533. The van der Waals surface area contributed by atoms with E-state index in [1.807, 2.05) is 24.1 Å². The Kier molecular flexibility index (Phi) is 3.42. The van der Waals surface area contributed by atoms with Gasteiger partial charge in [-0.15, -0.1) is 0 Å². The Morgan fingerprint density at radius 1 is 1.42 bits per heavy atom. The van der Waals surface area contributed by atoms with Gasteiger partial charge in [-0.25, -0.2) is 0 Å². The Morgan fingerprint density at radius 2 is 2.16 bits per heavy atom. The molecule has 3 rings (SSSR count). The molecule has 0 radical (unpaired) electrons. The van der Waals surface area contributed by atoms with E-state index < -0.39 is 0 Å². The minimum Gasteiger partial charge on any atom is -0.465 e. The lowest BCUT2D eigenvalue weighted by Gasteiger charge is -2.35. The third kappa shape index (κ3) is 2.73. The average Bonchev–Trinajstić information content (AvgIpc) is 3.05. The molecular formula is C15H20N2O2. The molecule has 0 aromatic carbocycles. The van der Waals surface area contributed by atoms with Gasteiger partial charge in [0.25, 0.3) is 0 Å². The Bertz CT molecular complexity index is 454. The number of hydrogen-bond donors (Lipinski definition) is 1. The van der Waals surface area contributed by atoms with Crippen LogP contribution in [-0.2, 0) is 4.79 Å². The maximum atomic E-state index is 12.1. The molecule has 0 saturated carbocycles. The Hall–Kier alpha value is -1.55. The van der Waals surface area contributed by atoms with Crippen LogP contribution in [0.15, 0.2) is 28.9 Å². The maximum absolute atomic E-state index is 12.1. The van der Waals surface area contributed by atoms with Crippen molar-refractivity contribution in [3.8, 4) is 0 Å². The summed E-state index contributed by atoms with van der Waals surface area (Å²) in [7, 11) is 1.91. The first-order valence-electron chi connectivity index (χ1n) is 6.97. The molecule has 1 aromatic heterocycles. The second-order valence-corrected chi connectivity index (χ2v) is 5.56. The van der Waals surface area contributed by atoms with Crippen LogP contribution in [0.25, 0.3) is 6.08 Å². The van der Waals surface area contributed by atoms with Crippen molar-refractivity contribution >= 4 is 12.0 Å². The fourth-order valence-electron chi connectivity index (χ4n) is 3.18. The topological polar surface area (TPSA) is 45.5 Å². The smallest absolute Gasteiger partial charge is 0.246 e. The van der Waals surface area contributed by atoms with E-state index in [1.165, 1.54) is 12.8 Å². The van der Waals surface area contributed by atoms with Crippen molar-refractivity contribution in [1.29, 1.82) is 0 Å². The molecule has 2 aliphatic heterocycles. The van der Waals surface area contributed by atoms with Crippen LogP contribution >= 0.6 is 0 Å². The van der Waals surface area contributed by atoms with E-state index in [2.05, 4.69) is 5.32 Å². The Balaban J connectivity index is 1.60. The molecule has 2 unspecified atom stereocenters. The van der Waals surface area contributed by atoms with Gasteiger partial charge in [0, 0.05) is 31.2 Å². The van der Waals surface area contributed by atoms with Gasteiger partial charge in [0.1, 0.15) is 5.76 Å². The van der Waals surface area contributed by atoms with Crippen LogP contribution in [0, 0.1) is 0 Å². The number of furan rings is 1. The van der Waals surface area contributed by atoms with E-state index in [-0.39, 0.29) is 5.91 Å². The number of nitrogens with zero attached hydrogens (tertiary/aromatic N) is 1. The second kappa shape index (κ2) is 5.21. The van der Waals surface area contributed by atoms with Crippen molar-refractivity contribution in [2.45, 2.75) is 43.8 Å². The van der Waals surface area contributed by atoms with Gasteiger partial charge < -0.3 is 14.6 Å². The molecule has 0 aliphatic carbocycles. The van der Waals surface area contributed by atoms with Crippen molar-refractivity contribution in [3.63, 3.8) is 0 Å². The summed E-state index contributed by atoms with van der Waals surface area (Å²) < 4.78 is 5.19. The molecular weight excluding hydrogens is 240 g/mol. The number of rotatable bonds is 3. The summed E-state index contributed by atoms with van der Waals surface area (Å²) in [5.41, 5.74) is 0. The SMILES string of the molecule is CN(C(=O)C=Cc1ccco1)C1CC2CCC(C1)N2. The standard InChI is InChI=1S/C15H20N2O2/c1-17(13-9-11-4-5-12(10-13)16-11)15(18)7-6-14-3-2-8-19-14/h2-3,6-8,11-13,16H,4-5,9-10H2,1H3. The molecule has 1 aromatic rings. The second-order valence-electron chi connectivity index (χ2n) is 5.56. The lowest BCUT2D eigenvalue weighted by atomic mass is 9.98. The van der Waals surface area contributed by atoms with Gasteiger partial charge in [-0.3, -0.25) is 4.79 Å². The molecule has 3 heterocycles. The first-order chi connectivity index (χ1) is 9.22. The van der Waals surface area contributed by atoms with Crippen LogP contribution in [-0.4, -0.2) is 36.0 Å². The van der Waals surface area contributed by atoms with Crippen molar-refractivity contribution in [3.05, 3.63) is 30.2 Å². The van der Waals surface area contributed by atoms with Crippen LogP contribution in [0.1, 0.15) is 31.4 Å². The normalized spacial score (nSPS) is 29.8. The molecule has 1 N–H and O–H groups in total. The highest BCUT2D eigenvalue weighted by molar-refractivity contribution is 5.91. The molecule has 2 aliphatic rings. The first-order valence-corrected chi connectivity index (χ1v) is 6.97. The van der Waals surface area contributed by atoms with Gasteiger partial charge in [-0.2, -0.15) is 0 Å². The van der Waals surface area contributed by atoms with Crippen LogP contribution < -0.4 is 5.32 Å². The minimum atomic E-state index is 0.0581. The van der Waals surface area contributed by atoms with Crippen molar-refractivity contribution in [2.75, 3.05) is 7.05 Å². The monoisotopic (exact) mass is 260 g/mol. The Morgan fingerprint density at radius 3 is 2.79 bits per heavy atom. The number of likely N-dealkylation sites (N-methyl/N-ethyl adjacent to an activating group) is 1. The zero-order valence-corrected chi connectivity index (χ0v) is 11.2. The molecule has 0 spiro atoms. The number of piperidine rings is 1. The van der Waals surface area contributed by atoms with Crippen LogP contribution in [0.5, 0.6) is 0 Å². The fourth-order valence-corrected chi connectivity index (χ4v) is 3.18. The van der Waals surface area contributed by atoms with E-state index in [4.69, 9.17) is 4.42 Å². The summed E-state index contributed by atoms with van der Waals surface area (Å²) in [5.74, 6) is 0.773. The van der Waals surface area contributed by atoms with E-state index in [9.17, 15) is 4.79 Å². The van der Waals surface area contributed by atoms with E-state index in [0.29, 0.717) is 23.9 Å². The highest BCUT2D eigenvalue weighted by Crippen LogP contribution is 2.29. The maximum Gasteiger partial charge on any atom is 0.246 e. The van der Waals surface area contributed by atoms with Gasteiger partial charge >= 0.3 is 0 Å². The molecule has 19 heavy (non-hydrogen) atoms. The summed E-state index contributed by atoms with van der Waals surface area (Å²) in [6.07, 6.45) is 9.60. The summed E-state index contributed by atoms with van der Waals surface area (Å²) in [6, 6.07) is 5.24. The molecule has 4 heteroatoms. The Labute approximate surface area is 113 Å². The van der Waals surface area contributed by atoms with Crippen molar-refractivity contribution in [1.82, 2.24) is 10.2 Å². The van der Waals surface area contributed by atoms with Gasteiger partial charge in [-0.05, 0) is 43.9 Å². The third-order valence-corrected chi connectivity index (χ3v) is 4.28. The summed E-state index contributed by atoms with van der Waals surface area (Å²) in [4.78, 5) is 14.0. The molecule has 2 fully saturated rings. The van der Waals surface area contributed by atoms with E-state index in [1.54, 1.807) is 18.4 Å². The number of carbonyl (C=O) groups is 1. The molecule has 4 nitrogen and oxygen atoms in total. The quantitative estimate of drug-likeness (QED) is 0.846. The van der Waals surface area contributed by atoms with E-state index >= 15 is 0 Å². The van der Waals surface area contributed by atoms with Gasteiger partial charge in [0.15, 0.2) is 0 Å². The lowest BCUT2D eigenvalue weighted by molar-refractivity contribution is -0.127.